The molecule has 3 aromatic carbocycles. The number of unbranched alkanes of at least 4 members (excludes halogenated alkanes) is 2. The van der Waals surface area contributed by atoms with E-state index < -0.39 is 198 Å². The zero-order chi connectivity index (χ0) is 65.3. The zero-order valence-electron chi connectivity index (χ0n) is 48.1. The second kappa shape index (κ2) is 29.3. The number of ether oxygens (including phenoxy) is 1. The fourth-order valence-electron chi connectivity index (χ4n) is 10.3. The molecule has 3 aliphatic rings. The molecule has 4 heterocycles. The van der Waals surface area contributed by atoms with Crippen molar-refractivity contribution in [1.82, 2.24) is 41.5 Å². The van der Waals surface area contributed by atoms with Gasteiger partial charge in [-0.25, -0.2) is 0 Å². The first-order valence-corrected chi connectivity index (χ1v) is 29.5. The summed E-state index contributed by atoms with van der Waals surface area (Å²) < 4.78 is 48.1. The molecule has 0 radical (unpaired) electrons. The van der Waals surface area contributed by atoms with Gasteiger partial charge < -0.3 is 102 Å². The van der Waals surface area contributed by atoms with Crippen molar-refractivity contribution in [3.05, 3.63) is 83.9 Å². The monoisotopic (exact) mass is 1270 g/mol. The van der Waals surface area contributed by atoms with E-state index in [1.54, 1.807) is 30.3 Å². The van der Waals surface area contributed by atoms with Gasteiger partial charge >= 0.3 is 10.4 Å². The SMILES string of the molecule is CCCCCOc1ccc(-c2cc(-c3ccc(C(=O)N[C@H]4C[C@@H](O)[C@@H](O)NC(=O)[C@@H]5[C@@H](O)[C@@H](C)CN5C(=O)[C@H]([C@H](O)CC(N)=O)NC(=O)[C@H]([C@H](O)[C@@H](O)c5ccc(O)c(OS(=O)(=O)O)c5)NC(=O)[C@@H]5C[C@@H](O)CN5C(=O)[C@H]([C@@H](C)O)NC4=O)cc3)on2)cc1. The second-order valence-corrected chi connectivity index (χ2v) is 22.9. The van der Waals surface area contributed by atoms with Gasteiger partial charge in [0, 0.05) is 54.6 Å². The second-order valence-electron chi connectivity index (χ2n) is 21.9. The number of aromatic hydroxyl groups is 1. The first-order chi connectivity index (χ1) is 42.0. The van der Waals surface area contributed by atoms with Crippen LogP contribution in [0.1, 0.15) is 81.3 Å². The lowest BCUT2D eigenvalue weighted by Crippen LogP contribution is -2.64. The number of carbonyl (C=O) groups is 8. The molecular formula is C56H71N9O23S. The van der Waals surface area contributed by atoms with Crippen LogP contribution in [0.3, 0.4) is 0 Å². The van der Waals surface area contributed by atoms with Gasteiger partial charge in [0.05, 0.1) is 37.4 Å². The van der Waals surface area contributed by atoms with E-state index in [0.29, 0.717) is 56.9 Å². The molecule has 8 amide bonds. The summed E-state index contributed by atoms with van der Waals surface area (Å²) in [6.45, 7) is 3.74. The average Bonchev–Trinajstić information content (AvgIpc) is 2.76. The molecule has 89 heavy (non-hydrogen) atoms. The minimum absolute atomic E-state index is 0.110. The van der Waals surface area contributed by atoms with Crippen molar-refractivity contribution in [2.75, 3.05) is 19.7 Å². The predicted molar refractivity (Wildman–Crippen MR) is 304 cm³/mol. The van der Waals surface area contributed by atoms with Crippen LogP contribution in [0, 0.1) is 5.92 Å². The molecule has 0 saturated carbocycles. The summed E-state index contributed by atoms with van der Waals surface area (Å²) in [6.07, 6.45) is -17.3. The van der Waals surface area contributed by atoms with E-state index in [4.69, 9.17) is 15.0 Å². The lowest BCUT2D eigenvalue weighted by molar-refractivity contribution is -0.149. The average molecular weight is 1270 g/mol. The third-order valence-electron chi connectivity index (χ3n) is 15.2. The number of fused-ring (bicyclic) bond motifs is 2. The summed E-state index contributed by atoms with van der Waals surface area (Å²) >= 11 is 0. The minimum Gasteiger partial charge on any atom is -0.504 e. The Morgan fingerprint density at radius 2 is 1.43 bits per heavy atom. The topological polar surface area (TPSA) is 510 Å². The van der Waals surface area contributed by atoms with Crippen LogP contribution < -0.4 is 41.2 Å². The highest BCUT2D eigenvalue weighted by Gasteiger charge is 2.51. The van der Waals surface area contributed by atoms with Crippen molar-refractivity contribution >= 4 is 57.7 Å². The number of nitrogens with one attached hydrogen (secondary N) is 5. The van der Waals surface area contributed by atoms with Crippen molar-refractivity contribution in [3.8, 4) is 39.8 Å². The first-order valence-electron chi connectivity index (χ1n) is 28.1. The molecule has 15 atom stereocenters. The van der Waals surface area contributed by atoms with Crippen LogP contribution in [0.25, 0.3) is 22.6 Å². The molecule has 0 aliphatic carbocycles. The van der Waals surface area contributed by atoms with E-state index in [1.807, 2.05) is 10.6 Å². The van der Waals surface area contributed by atoms with Crippen LogP contribution in [0.2, 0.25) is 0 Å². The molecule has 1 aromatic heterocycles. The molecule has 0 spiro atoms. The summed E-state index contributed by atoms with van der Waals surface area (Å²) in [5.74, 6) is -13.0. The number of rotatable bonds is 18. The Morgan fingerprint density at radius 1 is 0.787 bits per heavy atom. The van der Waals surface area contributed by atoms with Crippen LogP contribution >= 0.6 is 0 Å². The zero-order valence-corrected chi connectivity index (χ0v) is 48.9. The fourth-order valence-corrected chi connectivity index (χ4v) is 10.7. The number of aliphatic hydroxyl groups excluding tert-OH is 8. The molecule has 0 bridgehead atoms. The summed E-state index contributed by atoms with van der Waals surface area (Å²) in [4.78, 5) is 115. The third kappa shape index (κ3) is 16.9. The minimum atomic E-state index is -5.35. The largest absolute Gasteiger partial charge is 0.504 e. The lowest BCUT2D eigenvalue weighted by Gasteiger charge is -2.34. The number of aliphatic hydroxyl groups is 8. The smallest absolute Gasteiger partial charge is 0.446 e. The number of aromatic nitrogens is 1. The Kier molecular flexibility index (Phi) is 22.4. The predicted octanol–water partition coefficient (Wildman–Crippen LogP) is -3.90. The number of benzene rings is 3. The van der Waals surface area contributed by atoms with Gasteiger partial charge in [-0.05, 0) is 67.4 Å². The number of hydrogen-bond acceptors (Lipinski definition) is 23. The van der Waals surface area contributed by atoms with Crippen molar-refractivity contribution in [2.45, 2.75) is 145 Å². The maximum Gasteiger partial charge on any atom is 0.446 e. The van der Waals surface area contributed by atoms with Crippen molar-refractivity contribution in [2.24, 2.45) is 11.7 Å². The summed E-state index contributed by atoms with van der Waals surface area (Å²) in [5.41, 5.74) is 6.28. The van der Waals surface area contributed by atoms with Crippen molar-refractivity contribution < 1.29 is 111 Å². The number of phenolic OH excluding ortho intramolecular Hbond substituents is 1. The van der Waals surface area contributed by atoms with Crippen LogP contribution in [0.5, 0.6) is 17.2 Å². The van der Waals surface area contributed by atoms with Crippen LogP contribution in [0.15, 0.2) is 77.3 Å². The Balaban J connectivity index is 1.22. The third-order valence-corrected chi connectivity index (χ3v) is 15.6. The number of carbonyl (C=O) groups excluding carboxylic acids is 8. The normalized spacial score (nSPS) is 26.4. The number of hydrogen-bond donors (Lipinski definition) is 16. The van der Waals surface area contributed by atoms with Crippen molar-refractivity contribution in [3.63, 3.8) is 0 Å². The summed E-state index contributed by atoms with van der Waals surface area (Å²) in [6, 6.07) is 3.52. The lowest BCUT2D eigenvalue weighted by atomic mass is 9.96. The van der Waals surface area contributed by atoms with E-state index in [1.165, 1.54) is 31.2 Å². The summed E-state index contributed by atoms with van der Waals surface area (Å²) in [7, 11) is -5.35. The highest BCUT2D eigenvalue weighted by molar-refractivity contribution is 7.81. The van der Waals surface area contributed by atoms with Crippen LogP contribution in [0.4, 0.5) is 0 Å². The van der Waals surface area contributed by atoms with Gasteiger partial charge in [-0.1, -0.05) is 50.0 Å². The molecule has 3 saturated heterocycles. The molecule has 32 nitrogen and oxygen atoms in total. The molecule has 3 fully saturated rings. The van der Waals surface area contributed by atoms with Gasteiger partial charge in [0.1, 0.15) is 66.0 Å². The molecular weight excluding hydrogens is 1200 g/mol. The first kappa shape index (κ1) is 68.1. The quantitative estimate of drug-likeness (QED) is 0.0334. The number of nitrogens with two attached hydrogens (primary N) is 1. The molecule has 0 unspecified atom stereocenters. The van der Waals surface area contributed by atoms with Gasteiger partial charge in [0.2, 0.25) is 41.4 Å². The van der Waals surface area contributed by atoms with Gasteiger partial charge in [-0.2, -0.15) is 8.42 Å². The van der Waals surface area contributed by atoms with E-state index >= 15 is 0 Å². The fraction of sp³-hybridized carbons (Fsp3) is 0.482. The Bertz CT molecular complexity index is 3340. The van der Waals surface area contributed by atoms with Gasteiger partial charge in [-0.3, -0.25) is 42.9 Å². The number of phenols is 1. The maximum absolute atomic E-state index is 14.7. The molecule has 7 rings (SSSR count). The molecule has 4 aromatic rings. The number of primary amides is 1. The van der Waals surface area contributed by atoms with Gasteiger partial charge in [0.25, 0.3) is 5.91 Å². The van der Waals surface area contributed by atoms with Gasteiger partial charge in [0.15, 0.2) is 23.5 Å². The standard InChI is InChI=1S/C56H71N9O23S/c1-4-5-6-17-86-32-14-11-27(12-15-32)33-21-39(87-63-33)28-7-9-29(10-8-28)49(75)58-34-20-38(70)52(78)62-54(80)45-46(72)25(2)23-65(45)56(82)43(37(69)22-41(57)71)60-53(79)44(48(74)47(73)30-13-16-36(68)40(18-30)88-89(83,84)85)61-51(77)35-19-31(67)24-64(35)55(81)42(26(3)66)59-50(34)76/h7-16,18,21,25-26,31,34-35,37-38,42-48,52,66-70,72-74,78H,4-6,17,19-20,22-24H2,1-3H3,(H2,57,71)(H,58,75)(H,59,76)(H,60,79)(H,61,77)(H,62,80)(H,83,84,85)/t25-,26+,31+,34-,35-,37+,38+,42-,43-,44-,45-,46-,47-,48-,52+/m0/s1. The van der Waals surface area contributed by atoms with Crippen LogP contribution in [-0.2, 0) is 44.0 Å². The Hall–Kier alpha value is -8.38. The molecule has 3 aliphatic heterocycles. The molecule has 484 valence electrons. The maximum atomic E-state index is 14.7. The highest BCUT2D eigenvalue weighted by atomic mass is 32.3. The molecule has 33 heteroatoms. The number of amides is 8. The van der Waals surface area contributed by atoms with Crippen LogP contribution in [-0.4, -0.2) is 220 Å². The van der Waals surface area contributed by atoms with Gasteiger partial charge in [-0.15, -0.1) is 0 Å². The van der Waals surface area contributed by atoms with Crippen molar-refractivity contribution in [1.29, 1.82) is 0 Å². The van der Waals surface area contributed by atoms with E-state index in [-0.39, 0.29) is 5.56 Å². The Labute approximate surface area is 507 Å². The van der Waals surface area contributed by atoms with E-state index in [0.717, 1.165) is 32.3 Å². The molecule has 17 N–H and O–H groups in total. The van der Waals surface area contributed by atoms with E-state index in [9.17, 15) is 97.3 Å². The highest BCUT2D eigenvalue weighted by Crippen LogP contribution is 2.34. The summed E-state index contributed by atoms with van der Waals surface area (Å²) in [5, 5.41) is 116. The number of nitrogens with zero attached hydrogens (tertiary/aromatic N) is 3. The van der Waals surface area contributed by atoms with E-state index in [2.05, 4.69) is 32.2 Å². The Morgan fingerprint density at radius 3 is 2.07 bits per heavy atom.